The van der Waals surface area contributed by atoms with E-state index in [-0.39, 0.29) is 0 Å². The van der Waals surface area contributed by atoms with E-state index in [9.17, 15) is 0 Å². The van der Waals surface area contributed by atoms with Crippen molar-refractivity contribution >= 4 is 107 Å². The van der Waals surface area contributed by atoms with Gasteiger partial charge >= 0.3 is 0 Å². The summed E-state index contributed by atoms with van der Waals surface area (Å²) in [6.07, 6.45) is 0. The van der Waals surface area contributed by atoms with E-state index in [0.717, 1.165) is 0 Å². The summed E-state index contributed by atoms with van der Waals surface area (Å²) >= 11 is 1.92. The van der Waals surface area contributed by atoms with Crippen molar-refractivity contribution in [1.82, 2.24) is 9.13 Å². The molecule has 12 aromatic rings. The van der Waals surface area contributed by atoms with Gasteiger partial charge in [0.2, 0.25) is 0 Å². The van der Waals surface area contributed by atoms with Crippen molar-refractivity contribution in [1.29, 1.82) is 0 Å². The summed E-state index contributed by atoms with van der Waals surface area (Å²) in [6.45, 7) is 0. The monoisotopic (exact) mass is 664 g/mol. The molecule has 0 aliphatic heterocycles. The average molecular weight is 665 g/mol. The lowest BCUT2D eigenvalue weighted by molar-refractivity contribution is 1.18. The van der Waals surface area contributed by atoms with Gasteiger partial charge in [-0.15, -0.1) is 11.3 Å². The average Bonchev–Trinajstić information content (AvgIpc) is 3.86. The molecule has 236 valence electrons. The summed E-state index contributed by atoms with van der Waals surface area (Å²) in [5.74, 6) is 0. The van der Waals surface area contributed by atoms with Crippen LogP contribution in [0.5, 0.6) is 0 Å². The van der Waals surface area contributed by atoms with Crippen molar-refractivity contribution in [2.45, 2.75) is 0 Å². The summed E-state index contributed by atoms with van der Waals surface area (Å²) < 4.78 is 7.71. The summed E-state index contributed by atoms with van der Waals surface area (Å²) in [6, 6.07) is 62.7. The smallest absolute Gasteiger partial charge is 0.0656 e. The van der Waals surface area contributed by atoms with E-state index in [0.29, 0.717) is 0 Å². The highest BCUT2D eigenvalue weighted by Crippen LogP contribution is 2.51. The van der Waals surface area contributed by atoms with Crippen LogP contribution < -0.4 is 0 Å². The zero-order valence-electron chi connectivity index (χ0n) is 27.5. The van der Waals surface area contributed by atoms with Gasteiger partial charge in [-0.2, -0.15) is 0 Å². The van der Waals surface area contributed by atoms with Crippen molar-refractivity contribution in [2.75, 3.05) is 0 Å². The molecule has 0 amide bonds. The van der Waals surface area contributed by atoms with Crippen LogP contribution in [-0.4, -0.2) is 9.13 Å². The van der Waals surface area contributed by atoms with Gasteiger partial charge in [0.05, 0.1) is 22.1 Å². The maximum atomic E-state index is 2.56. The molecule has 0 saturated heterocycles. The molecule has 0 atom stereocenters. The molecule has 0 spiro atoms. The number of rotatable bonds is 2. The quantitative estimate of drug-likeness (QED) is 0.163. The summed E-state index contributed by atoms with van der Waals surface area (Å²) in [7, 11) is 0. The van der Waals surface area contributed by atoms with Crippen molar-refractivity contribution in [3.05, 3.63) is 170 Å². The lowest BCUT2D eigenvalue weighted by Crippen LogP contribution is -1.96. The predicted molar refractivity (Wildman–Crippen MR) is 221 cm³/mol. The Kier molecular flexibility index (Phi) is 5.41. The van der Waals surface area contributed by atoms with Crippen LogP contribution in [0.1, 0.15) is 0 Å². The number of thiophene rings is 1. The summed E-state index contributed by atoms with van der Waals surface area (Å²) in [5, 5.41) is 15.5. The molecule has 0 aliphatic rings. The van der Waals surface area contributed by atoms with Crippen LogP contribution in [0.3, 0.4) is 0 Å². The Hall–Kier alpha value is -6.42. The number of benzene rings is 9. The standard InChI is InChI=1S/C48H28N2S/c1-2-14-29(15-3-1)49-41-24-12-9-21-37(41)44-46(49)43-36-20-8-11-23-40(36)50(47(43)45-38-22-10-13-25-42(38)51-48(44)45)30-26-27-35-33-18-5-4-16-31(33)32-17-6-7-19-34(32)39(35)28-30/h1-28H. The molecule has 9 aromatic carbocycles. The van der Waals surface area contributed by atoms with Gasteiger partial charge in [-0.05, 0) is 74.8 Å². The van der Waals surface area contributed by atoms with E-state index < -0.39 is 0 Å². The van der Waals surface area contributed by atoms with Crippen LogP contribution in [0.2, 0.25) is 0 Å². The maximum Gasteiger partial charge on any atom is 0.0656 e. The summed E-state index contributed by atoms with van der Waals surface area (Å²) in [5.41, 5.74) is 7.32. The Morgan fingerprint density at radius 1 is 0.314 bits per heavy atom. The second kappa shape index (κ2) is 10.1. The number of nitrogens with zero attached hydrogens (tertiary/aromatic N) is 2. The first-order valence-corrected chi connectivity index (χ1v) is 18.4. The van der Waals surface area contributed by atoms with Gasteiger partial charge in [0, 0.05) is 53.1 Å². The van der Waals surface area contributed by atoms with Crippen molar-refractivity contribution < 1.29 is 0 Å². The molecule has 0 saturated carbocycles. The normalized spacial score (nSPS) is 12.3. The Labute approximate surface area is 296 Å². The zero-order chi connectivity index (χ0) is 33.2. The molecule has 0 radical (unpaired) electrons. The van der Waals surface area contributed by atoms with E-state index in [2.05, 4.69) is 179 Å². The topological polar surface area (TPSA) is 9.86 Å². The molecule has 12 rings (SSSR count). The predicted octanol–water partition coefficient (Wildman–Crippen LogP) is 13.7. The molecule has 0 aliphatic carbocycles. The van der Waals surface area contributed by atoms with E-state index in [1.807, 2.05) is 11.3 Å². The maximum absolute atomic E-state index is 2.56. The summed E-state index contributed by atoms with van der Waals surface area (Å²) in [4.78, 5) is 0. The van der Waals surface area contributed by atoms with Gasteiger partial charge in [-0.1, -0.05) is 127 Å². The first-order chi connectivity index (χ1) is 25.3. The van der Waals surface area contributed by atoms with Crippen LogP contribution in [0.25, 0.3) is 107 Å². The fourth-order valence-corrected chi connectivity index (χ4v) is 10.3. The fraction of sp³-hybridized carbons (Fsp3) is 0. The third kappa shape index (κ3) is 3.56. The number of hydrogen-bond acceptors (Lipinski definition) is 1. The first-order valence-electron chi connectivity index (χ1n) is 17.5. The molecule has 3 heterocycles. The largest absolute Gasteiger partial charge is 0.308 e. The van der Waals surface area contributed by atoms with Crippen LogP contribution in [0.4, 0.5) is 0 Å². The Morgan fingerprint density at radius 2 is 0.765 bits per heavy atom. The van der Waals surface area contributed by atoms with E-state index in [4.69, 9.17) is 0 Å². The number of aromatic nitrogens is 2. The molecular formula is C48H28N2S. The Bertz CT molecular complexity index is 3380. The minimum absolute atomic E-state index is 1.17. The molecule has 51 heavy (non-hydrogen) atoms. The molecule has 0 unspecified atom stereocenters. The van der Waals surface area contributed by atoms with E-state index >= 15 is 0 Å². The van der Waals surface area contributed by atoms with E-state index in [1.54, 1.807) is 0 Å². The molecule has 0 N–H and O–H groups in total. The van der Waals surface area contributed by atoms with Gasteiger partial charge in [0.1, 0.15) is 0 Å². The lowest BCUT2D eigenvalue weighted by atomic mass is 9.94. The molecule has 0 bridgehead atoms. The van der Waals surface area contributed by atoms with Crippen LogP contribution in [-0.2, 0) is 0 Å². The molecule has 3 heteroatoms. The first kappa shape index (κ1) is 27.4. The second-order valence-corrected chi connectivity index (χ2v) is 14.7. The van der Waals surface area contributed by atoms with Gasteiger partial charge in [0.25, 0.3) is 0 Å². The lowest BCUT2D eigenvalue weighted by Gasteiger charge is -2.14. The number of fused-ring (bicyclic) bond motifs is 18. The number of para-hydroxylation sites is 3. The Balaban J connectivity index is 1.36. The highest BCUT2D eigenvalue weighted by atomic mass is 32.1. The molecule has 3 aromatic heterocycles. The highest BCUT2D eigenvalue weighted by molar-refractivity contribution is 7.27. The third-order valence-corrected chi connectivity index (χ3v) is 12.2. The second-order valence-electron chi connectivity index (χ2n) is 13.6. The van der Waals surface area contributed by atoms with Crippen molar-refractivity contribution in [3.8, 4) is 11.4 Å². The van der Waals surface area contributed by atoms with Crippen LogP contribution >= 0.6 is 11.3 Å². The van der Waals surface area contributed by atoms with Crippen molar-refractivity contribution in [2.24, 2.45) is 0 Å². The fourth-order valence-electron chi connectivity index (χ4n) is 9.03. The minimum atomic E-state index is 1.17. The van der Waals surface area contributed by atoms with Crippen LogP contribution in [0, 0.1) is 0 Å². The highest BCUT2D eigenvalue weighted by Gasteiger charge is 2.26. The van der Waals surface area contributed by atoms with Gasteiger partial charge < -0.3 is 9.13 Å². The van der Waals surface area contributed by atoms with E-state index in [1.165, 1.54) is 107 Å². The molecule has 2 nitrogen and oxygen atoms in total. The van der Waals surface area contributed by atoms with Gasteiger partial charge in [0.15, 0.2) is 0 Å². The SMILES string of the molecule is c1ccc(-n2c3ccccc3c3c4sc5ccccc5c4c4c(c5ccccc5n4-c4ccc5c6ccccc6c6ccccc6c5c4)c32)cc1. The van der Waals surface area contributed by atoms with Crippen LogP contribution in [0.15, 0.2) is 170 Å². The number of hydrogen-bond donors (Lipinski definition) is 0. The van der Waals surface area contributed by atoms with Gasteiger partial charge in [-0.3, -0.25) is 0 Å². The zero-order valence-corrected chi connectivity index (χ0v) is 28.3. The third-order valence-electron chi connectivity index (χ3n) is 11.0. The molecule has 0 fully saturated rings. The van der Waals surface area contributed by atoms with Gasteiger partial charge in [-0.25, -0.2) is 0 Å². The minimum Gasteiger partial charge on any atom is -0.308 e. The molecular weight excluding hydrogens is 637 g/mol. The Morgan fingerprint density at radius 3 is 1.41 bits per heavy atom. The van der Waals surface area contributed by atoms with Crippen molar-refractivity contribution in [3.63, 3.8) is 0 Å².